The zero-order valence-electron chi connectivity index (χ0n) is 14.7. The van der Waals surface area contributed by atoms with Crippen LogP contribution in [0, 0.1) is 0 Å². The summed E-state index contributed by atoms with van der Waals surface area (Å²) >= 11 is 7.28. The number of imidazole rings is 1. The van der Waals surface area contributed by atoms with Crippen molar-refractivity contribution in [3.05, 3.63) is 58.7 Å². The number of nitrogens with one attached hydrogen (secondary N) is 1. The van der Waals surface area contributed by atoms with Gasteiger partial charge in [-0.25, -0.2) is 15.0 Å². The topological polar surface area (TPSA) is 75.9 Å². The van der Waals surface area contributed by atoms with Gasteiger partial charge in [0.1, 0.15) is 5.82 Å². The van der Waals surface area contributed by atoms with Crippen molar-refractivity contribution in [3.63, 3.8) is 0 Å². The molecule has 0 spiro atoms. The number of hydrogen-bond donors (Lipinski definition) is 1. The molecular weight excluding hydrogens is 396 g/mol. The average molecular weight is 411 g/mol. The van der Waals surface area contributed by atoms with Gasteiger partial charge in [-0.2, -0.15) is 0 Å². The maximum atomic E-state index is 12.8. The van der Waals surface area contributed by atoms with Crippen LogP contribution < -0.4 is 10.2 Å². The highest BCUT2D eigenvalue weighted by Crippen LogP contribution is 2.28. The van der Waals surface area contributed by atoms with Gasteiger partial charge in [-0.15, -0.1) is 11.3 Å². The van der Waals surface area contributed by atoms with Gasteiger partial charge >= 0.3 is 0 Å². The van der Waals surface area contributed by atoms with Crippen LogP contribution in [0.1, 0.15) is 5.69 Å². The predicted octanol–water partition coefficient (Wildman–Crippen LogP) is 3.87. The second-order valence-corrected chi connectivity index (χ2v) is 7.70. The molecule has 0 bridgehead atoms. The van der Waals surface area contributed by atoms with Crippen molar-refractivity contribution >= 4 is 56.8 Å². The van der Waals surface area contributed by atoms with E-state index in [4.69, 9.17) is 11.6 Å². The van der Waals surface area contributed by atoms with E-state index in [0.717, 1.165) is 23.3 Å². The van der Waals surface area contributed by atoms with Crippen LogP contribution >= 0.6 is 22.9 Å². The maximum Gasteiger partial charge on any atom is 0.235 e. The Morgan fingerprint density at radius 3 is 2.93 bits per heavy atom. The molecule has 4 heterocycles. The highest BCUT2D eigenvalue weighted by Gasteiger charge is 2.28. The number of fused-ring (bicyclic) bond motifs is 3. The van der Waals surface area contributed by atoms with E-state index in [1.165, 1.54) is 11.3 Å². The van der Waals surface area contributed by atoms with Crippen molar-refractivity contribution in [1.29, 1.82) is 0 Å². The summed E-state index contributed by atoms with van der Waals surface area (Å²) in [7, 11) is 0. The molecule has 9 heteroatoms. The van der Waals surface area contributed by atoms with E-state index >= 15 is 0 Å². The molecule has 140 valence electrons. The first-order valence-corrected chi connectivity index (χ1v) is 10.0. The Morgan fingerprint density at radius 1 is 1.18 bits per heavy atom. The Bertz CT molecular complexity index is 1170. The molecule has 7 nitrogen and oxygen atoms in total. The van der Waals surface area contributed by atoms with Crippen LogP contribution in [0.25, 0.3) is 11.0 Å². The molecule has 1 aliphatic rings. The molecule has 28 heavy (non-hydrogen) atoms. The first-order valence-electron chi connectivity index (χ1n) is 8.76. The molecule has 5 rings (SSSR count). The van der Waals surface area contributed by atoms with E-state index in [2.05, 4.69) is 24.8 Å². The van der Waals surface area contributed by atoms with Crippen LogP contribution in [0.5, 0.6) is 0 Å². The SMILES string of the molecule is O=C(Cc1csc(Nc2ccc(Cl)cn2)n1)N1CCn2c1nc1ccccc12. The van der Waals surface area contributed by atoms with E-state index < -0.39 is 0 Å². The summed E-state index contributed by atoms with van der Waals surface area (Å²) in [4.78, 5) is 27.9. The number of aromatic nitrogens is 4. The summed E-state index contributed by atoms with van der Waals surface area (Å²) in [5.74, 6) is 1.37. The minimum atomic E-state index is -0.00414. The molecular formula is C19H15ClN6OS. The number of anilines is 3. The number of pyridine rings is 1. The predicted molar refractivity (Wildman–Crippen MR) is 110 cm³/mol. The van der Waals surface area contributed by atoms with Gasteiger partial charge < -0.3 is 9.88 Å². The van der Waals surface area contributed by atoms with Crippen LogP contribution in [0.4, 0.5) is 16.9 Å². The molecule has 0 fully saturated rings. The summed E-state index contributed by atoms with van der Waals surface area (Å²) in [6, 6.07) is 11.5. The lowest BCUT2D eigenvalue weighted by molar-refractivity contribution is -0.117. The maximum absolute atomic E-state index is 12.8. The van der Waals surface area contributed by atoms with Crippen molar-refractivity contribution in [2.75, 3.05) is 16.8 Å². The first-order chi connectivity index (χ1) is 13.7. The number of carbonyl (C=O) groups excluding carboxylic acids is 1. The van der Waals surface area contributed by atoms with Crippen LogP contribution in [0.2, 0.25) is 5.02 Å². The Labute approximate surface area is 169 Å². The fourth-order valence-corrected chi connectivity index (χ4v) is 4.11. The van der Waals surface area contributed by atoms with Crippen LogP contribution in [0.3, 0.4) is 0 Å². The molecule has 4 aromatic rings. The molecule has 0 saturated heterocycles. The molecule has 1 N–H and O–H groups in total. The van der Waals surface area contributed by atoms with Crippen LogP contribution in [0.15, 0.2) is 48.0 Å². The molecule has 0 radical (unpaired) electrons. The average Bonchev–Trinajstić information content (AvgIpc) is 3.39. The van der Waals surface area contributed by atoms with E-state index in [-0.39, 0.29) is 12.3 Å². The number of carbonyl (C=O) groups is 1. The summed E-state index contributed by atoms with van der Waals surface area (Å²) in [5, 5.41) is 6.27. The number of thiazole rings is 1. The Balaban J connectivity index is 1.31. The normalized spacial score (nSPS) is 13.1. The minimum absolute atomic E-state index is 0.00414. The Hall–Kier alpha value is -2.97. The second kappa shape index (κ2) is 6.88. The smallest absolute Gasteiger partial charge is 0.235 e. The lowest BCUT2D eigenvalue weighted by Gasteiger charge is -2.12. The Morgan fingerprint density at radius 2 is 2.07 bits per heavy atom. The minimum Gasteiger partial charge on any atom is -0.316 e. The highest BCUT2D eigenvalue weighted by atomic mass is 35.5. The van der Waals surface area contributed by atoms with Gasteiger partial charge in [-0.3, -0.25) is 9.69 Å². The zero-order chi connectivity index (χ0) is 19.1. The van der Waals surface area contributed by atoms with Crippen LogP contribution in [-0.4, -0.2) is 32.0 Å². The number of halogens is 1. The van der Waals surface area contributed by atoms with Crippen molar-refractivity contribution in [1.82, 2.24) is 19.5 Å². The van der Waals surface area contributed by atoms with Gasteiger partial charge in [0.05, 0.1) is 28.2 Å². The molecule has 1 aliphatic heterocycles. The number of nitrogens with zero attached hydrogens (tertiary/aromatic N) is 5. The zero-order valence-corrected chi connectivity index (χ0v) is 16.2. The first kappa shape index (κ1) is 17.2. The number of hydrogen-bond acceptors (Lipinski definition) is 6. The van der Waals surface area contributed by atoms with E-state index in [1.807, 2.05) is 29.6 Å². The van der Waals surface area contributed by atoms with Gasteiger partial charge in [-0.1, -0.05) is 23.7 Å². The third-order valence-corrected chi connectivity index (χ3v) is 5.60. The quantitative estimate of drug-likeness (QED) is 0.552. The van der Waals surface area contributed by atoms with Gasteiger partial charge in [0.25, 0.3) is 0 Å². The van der Waals surface area contributed by atoms with Gasteiger partial charge in [0.15, 0.2) is 5.13 Å². The molecule has 3 aromatic heterocycles. The lowest BCUT2D eigenvalue weighted by Crippen LogP contribution is -2.31. The second-order valence-electron chi connectivity index (χ2n) is 6.40. The molecule has 1 aromatic carbocycles. The Kier molecular flexibility index (Phi) is 4.22. The molecule has 0 atom stereocenters. The monoisotopic (exact) mass is 410 g/mol. The third kappa shape index (κ3) is 3.10. The van der Waals surface area contributed by atoms with Crippen molar-refractivity contribution in [2.24, 2.45) is 0 Å². The summed E-state index contributed by atoms with van der Waals surface area (Å²) in [5.41, 5.74) is 2.69. The number of amides is 1. The van der Waals surface area contributed by atoms with Crippen molar-refractivity contribution in [3.8, 4) is 0 Å². The van der Waals surface area contributed by atoms with Crippen LogP contribution in [-0.2, 0) is 17.8 Å². The number of para-hydroxylation sites is 2. The molecule has 0 aliphatic carbocycles. The fraction of sp³-hybridized carbons (Fsp3) is 0.158. The van der Waals surface area contributed by atoms with Gasteiger partial charge in [0.2, 0.25) is 11.9 Å². The molecule has 0 saturated carbocycles. The van der Waals surface area contributed by atoms with E-state index in [0.29, 0.717) is 28.5 Å². The van der Waals surface area contributed by atoms with Gasteiger partial charge in [-0.05, 0) is 24.3 Å². The third-order valence-electron chi connectivity index (χ3n) is 4.57. The summed E-state index contributed by atoms with van der Waals surface area (Å²) in [6.07, 6.45) is 1.80. The highest BCUT2D eigenvalue weighted by molar-refractivity contribution is 7.13. The lowest BCUT2D eigenvalue weighted by atomic mass is 10.3. The van der Waals surface area contributed by atoms with E-state index in [1.54, 1.807) is 23.2 Å². The number of benzene rings is 1. The summed E-state index contributed by atoms with van der Waals surface area (Å²) < 4.78 is 2.09. The van der Waals surface area contributed by atoms with Crippen molar-refractivity contribution < 1.29 is 4.79 Å². The largest absolute Gasteiger partial charge is 0.316 e. The fourth-order valence-electron chi connectivity index (χ4n) is 3.28. The standard InChI is InChI=1S/C19H15ClN6OS/c20-12-5-6-16(21-10-12)24-18-22-13(11-28-18)9-17(27)26-8-7-25-15-4-2-1-3-14(15)23-19(25)26/h1-6,10-11H,7-9H2,(H,21,22,24). The van der Waals surface area contributed by atoms with E-state index in [9.17, 15) is 4.79 Å². The summed E-state index contributed by atoms with van der Waals surface area (Å²) in [6.45, 7) is 1.39. The number of rotatable bonds is 4. The molecule has 1 amide bonds. The van der Waals surface area contributed by atoms with Gasteiger partial charge in [0, 0.05) is 24.7 Å². The molecule has 0 unspecified atom stereocenters. The van der Waals surface area contributed by atoms with Crippen molar-refractivity contribution in [2.45, 2.75) is 13.0 Å².